The molecule has 100 valence electrons. The fourth-order valence-electron chi connectivity index (χ4n) is 2.13. The van der Waals surface area contributed by atoms with Crippen molar-refractivity contribution in [3.63, 3.8) is 0 Å². The van der Waals surface area contributed by atoms with E-state index in [0.717, 1.165) is 21.1 Å². The summed E-state index contributed by atoms with van der Waals surface area (Å²) < 4.78 is 2.13. The first kappa shape index (κ1) is 14.7. The zero-order valence-electron chi connectivity index (χ0n) is 11.0. The van der Waals surface area contributed by atoms with Crippen LogP contribution in [0.4, 0.5) is 0 Å². The second-order valence-electron chi connectivity index (χ2n) is 4.51. The number of aromatic nitrogens is 1. The smallest absolute Gasteiger partial charge is 0.0423 e. The molecule has 0 aliphatic carbocycles. The number of nitrogens with zero attached hydrogens (tertiary/aromatic N) is 1. The number of rotatable bonds is 4. The molecule has 2 rings (SSSR count). The number of benzene rings is 1. The fraction of sp³-hybridized carbons (Fsp3) is 0.267. The number of hydrogen-bond acceptors (Lipinski definition) is 2. The van der Waals surface area contributed by atoms with Crippen LogP contribution in [0.1, 0.15) is 22.9 Å². The summed E-state index contributed by atoms with van der Waals surface area (Å²) in [6.07, 6.45) is 2.72. The average Bonchev–Trinajstić information content (AvgIpc) is 2.39. The van der Waals surface area contributed by atoms with Crippen molar-refractivity contribution < 1.29 is 0 Å². The van der Waals surface area contributed by atoms with Crippen molar-refractivity contribution in [2.24, 2.45) is 0 Å². The first-order chi connectivity index (χ1) is 9.10. The normalized spacial score (nSPS) is 12.4. The molecule has 1 unspecified atom stereocenters. The molecular formula is C15H16Br2N2. The number of halogens is 2. The highest BCUT2D eigenvalue weighted by atomic mass is 79.9. The maximum atomic E-state index is 4.44. The van der Waals surface area contributed by atoms with Crippen LogP contribution in [0.25, 0.3) is 0 Å². The molecule has 1 atom stereocenters. The van der Waals surface area contributed by atoms with Gasteiger partial charge < -0.3 is 5.32 Å². The number of likely N-dealkylation sites (N-methyl/N-ethyl adjacent to an activating group) is 1. The molecule has 0 aliphatic rings. The first-order valence-electron chi connectivity index (χ1n) is 6.14. The van der Waals surface area contributed by atoms with Crippen molar-refractivity contribution in [2.45, 2.75) is 19.4 Å². The van der Waals surface area contributed by atoms with Crippen molar-refractivity contribution in [1.82, 2.24) is 10.3 Å². The van der Waals surface area contributed by atoms with Gasteiger partial charge in [0, 0.05) is 33.3 Å². The van der Waals surface area contributed by atoms with Crippen LogP contribution in [0, 0.1) is 6.92 Å². The Hall–Kier alpha value is -0.710. The lowest BCUT2D eigenvalue weighted by Gasteiger charge is -2.19. The van der Waals surface area contributed by atoms with Crippen molar-refractivity contribution in [2.75, 3.05) is 7.05 Å². The van der Waals surface area contributed by atoms with Crippen molar-refractivity contribution in [3.8, 4) is 0 Å². The molecular weight excluding hydrogens is 368 g/mol. The van der Waals surface area contributed by atoms with Crippen LogP contribution in [0.2, 0.25) is 0 Å². The van der Waals surface area contributed by atoms with Crippen LogP contribution < -0.4 is 5.32 Å². The maximum absolute atomic E-state index is 4.44. The molecule has 19 heavy (non-hydrogen) atoms. The number of nitrogens with one attached hydrogen (secondary N) is 1. The largest absolute Gasteiger partial charge is 0.313 e. The van der Waals surface area contributed by atoms with Crippen LogP contribution in [-0.2, 0) is 6.42 Å². The quantitative estimate of drug-likeness (QED) is 0.845. The number of aryl methyl sites for hydroxylation is 1. The number of hydrogen-bond donors (Lipinski definition) is 1. The minimum Gasteiger partial charge on any atom is -0.313 e. The Kier molecular flexibility index (Phi) is 5.13. The second kappa shape index (κ2) is 6.64. The van der Waals surface area contributed by atoms with Gasteiger partial charge in [-0.2, -0.15) is 0 Å². The predicted molar refractivity (Wildman–Crippen MR) is 86.3 cm³/mol. The molecule has 2 aromatic rings. The van der Waals surface area contributed by atoms with E-state index in [1.54, 1.807) is 0 Å². The zero-order valence-corrected chi connectivity index (χ0v) is 14.1. The van der Waals surface area contributed by atoms with Crippen molar-refractivity contribution >= 4 is 31.9 Å². The summed E-state index contributed by atoms with van der Waals surface area (Å²) in [6.45, 7) is 2.14. The Morgan fingerprint density at radius 2 is 1.89 bits per heavy atom. The van der Waals surface area contributed by atoms with Gasteiger partial charge in [0.15, 0.2) is 0 Å². The van der Waals surface area contributed by atoms with E-state index in [-0.39, 0.29) is 6.04 Å². The summed E-state index contributed by atoms with van der Waals surface area (Å²) in [4.78, 5) is 4.44. The molecule has 0 aliphatic heterocycles. The van der Waals surface area contributed by atoms with E-state index in [2.05, 4.69) is 73.3 Å². The lowest BCUT2D eigenvalue weighted by atomic mass is 9.97. The molecule has 0 spiro atoms. The Bertz CT molecular complexity index is 553. The van der Waals surface area contributed by atoms with Gasteiger partial charge in [0.05, 0.1) is 0 Å². The van der Waals surface area contributed by atoms with Crippen LogP contribution in [0.5, 0.6) is 0 Å². The fourth-order valence-corrected chi connectivity index (χ4v) is 2.84. The molecule has 0 bridgehead atoms. The van der Waals surface area contributed by atoms with Gasteiger partial charge in [0.1, 0.15) is 0 Å². The molecule has 0 saturated heterocycles. The van der Waals surface area contributed by atoms with Gasteiger partial charge in [-0.1, -0.05) is 22.0 Å². The van der Waals surface area contributed by atoms with Crippen LogP contribution in [0.15, 0.2) is 45.5 Å². The van der Waals surface area contributed by atoms with Gasteiger partial charge in [-0.05, 0) is 65.3 Å². The van der Waals surface area contributed by atoms with Crippen LogP contribution in [-0.4, -0.2) is 12.0 Å². The molecule has 1 heterocycles. The topological polar surface area (TPSA) is 24.9 Å². The van der Waals surface area contributed by atoms with E-state index >= 15 is 0 Å². The highest BCUT2D eigenvalue weighted by Gasteiger charge is 2.13. The van der Waals surface area contributed by atoms with E-state index in [4.69, 9.17) is 0 Å². The average molecular weight is 384 g/mol. The summed E-state index contributed by atoms with van der Waals surface area (Å²) >= 11 is 6.91. The number of pyridine rings is 1. The third-order valence-corrected chi connectivity index (χ3v) is 4.12. The second-order valence-corrected chi connectivity index (χ2v) is 6.35. The molecule has 0 fully saturated rings. The van der Waals surface area contributed by atoms with Crippen LogP contribution >= 0.6 is 31.9 Å². The Morgan fingerprint density at radius 1 is 1.16 bits per heavy atom. The SMILES string of the molecule is CNC(Cc1ccc(Br)cn1)c1ccc(Br)cc1C. The van der Waals surface area contributed by atoms with E-state index in [1.807, 2.05) is 19.3 Å². The molecule has 1 aromatic carbocycles. The Balaban J connectivity index is 2.22. The molecule has 0 radical (unpaired) electrons. The van der Waals surface area contributed by atoms with Gasteiger partial charge >= 0.3 is 0 Å². The van der Waals surface area contributed by atoms with E-state index in [9.17, 15) is 0 Å². The lowest BCUT2D eigenvalue weighted by molar-refractivity contribution is 0.581. The van der Waals surface area contributed by atoms with Crippen molar-refractivity contribution in [3.05, 3.63) is 62.3 Å². The molecule has 1 aromatic heterocycles. The zero-order chi connectivity index (χ0) is 13.8. The standard InChI is InChI=1S/C15H16Br2N2/c1-10-7-11(16)4-6-14(10)15(18-2)8-13-5-3-12(17)9-19-13/h3-7,9,15,18H,8H2,1-2H3. The predicted octanol–water partition coefficient (Wildman–Crippen LogP) is 4.42. The van der Waals surface area contributed by atoms with E-state index < -0.39 is 0 Å². The molecule has 2 nitrogen and oxygen atoms in total. The summed E-state index contributed by atoms with van der Waals surface area (Å²) in [5.41, 5.74) is 3.69. The minimum absolute atomic E-state index is 0.279. The van der Waals surface area contributed by atoms with Crippen LogP contribution in [0.3, 0.4) is 0 Å². The maximum Gasteiger partial charge on any atom is 0.0423 e. The van der Waals surface area contributed by atoms with Gasteiger partial charge in [-0.15, -0.1) is 0 Å². The molecule has 0 amide bonds. The summed E-state index contributed by atoms with van der Waals surface area (Å²) in [5, 5.41) is 3.37. The Labute approximate surface area is 130 Å². The third kappa shape index (κ3) is 3.88. The van der Waals surface area contributed by atoms with E-state index in [1.165, 1.54) is 11.1 Å². The van der Waals surface area contributed by atoms with Gasteiger partial charge in [-0.25, -0.2) is 0 Å². The highest BCUT2D eigenvalue weighted by molar-refractivity contribution is 9.10. The van der Waals surface area contributed by atoms with Gasteiger partial charge in [0.2, 0.25) is 0 Å². The highest BCUT2D eigenvalue weighted by Crippen LogP contribution is 2.24. The summed E-state index contributed by atoms with van der Waals surface area (Å²) in [6, 6.07) is 10.8. The summed E-state index contributed by atoms with van der Waals surface area (Å²) in [5.74, 6) is 0. The van der Waals surface area contributed by atoms with Gasteiger partial charge in [-0.3, -0.25) is 4.98 Å². The molecule has 4 heteroatoms. The monoisotopic (exact) mass is 382 g/mol. The molecule has 0 saturated carbocycles. The molecule has 1 N–H and O–H groups in total. The summed E-state index contributed by atoms with van der Waals surface area (Å²) in [7, 11) is 1.99. The van der Waals surface area contributed by atoms with Gasteiger partial charge in [0.25, 0.3) is 0 Å². The first-order valence-corrected chi connectivity index (χ1v) is 7.72. The van der Waals surface area contributed by atoms with E-state index in [0.29, 0.717) is 0 Å². The van der Waals surface area contributed by atoms with Crippen molar-refractivity contribution in [1.29, 1.82) is 0 Å². The minimum atomic E-state index is 0.279. The Morgan fingerprint density at radius 3 is 2.47 bits per heavy atom. The lowest BCUT2D eigenvalue weighted by Crippen LogP contribution is -2.20. The third-order valence-electron chi connectivity index (χ3n) is 3.16.